The predicted octanol–water partition coefficient (Wildman–Crippen LogP) is 2.27. The highest BCUT2D eigenvalue weighted by atomic mass is 19.1. The molecule has 2 aliphatic rings. The standard InChI is InChI=1S/C26H33F2N3O4/c1-20(32)31-14-13-29(17-26(34,18-31)19-35-22-6-4-5-21(27)15-22)16-25(33)9-11-30(12-10-25)24-8-3-2-7-23(24)28/h2-8,15,33-34H,9-14,16-19H2,1H3/t26-/m1/s1. The second-order valence-electron chi connectivity index (χ2n) is 9.78. The molecule has 0 spiro atoms. The fourth-order valence-corrected chi connectivity index (χ4v) is 4.96. The zero-order valence-corrected chi connectivity index (χ0v) is 20.0. The molecule has 0 bridgehead atoms. The van der Waals surface area contributed by atoms with Crippen LogP contribution < -0.4 is 9.64 Å². The lowest BCUT2D eigenvalue weighted by atomic mass is 9.90. The van der Waals surface area contributed by atoms with Crippen molar-refractivity contribution in [1.82, 2.24) is 9.80 Å². The molecular weight excluding hydrogens is 456 g/mol. The molecule has 2 aromatic rings. The van der Waals surface area contributed by atoms with Gasteiger partial charge in [0.25, 0.3) is 0 Å². The molecule has 0 aromatic heterocycles. The maximum absolute atomic E-state index is 14.2. The van der Waals surface area contributed by atoms with Crippen LogP contribution in [0.25, 0.3) is 0 Å². The van der Waals surface area contributed by atoms with E-state index in [9.17, 15) is 23.8 Å². The fourth-order valence-electron chi connectivity index (χ4n) is 4.96. The molecule has 190 valence electrons. The van der Waals surface area contributed by atoms with E-state index in [1.807, 2.05) is 9.80 Å². The van der Waals surface area contributed by atoms with Crippen LogP contribution in [0.3, 0.4) is 0 Å². The van der Waals surface area contributed by atoms with Crippen molar-refractivity contribution in [2.24, 2.45) is 0 Å². The Morgan fingerprint density at radius 3 is 2.40 bits per heavy atom. The van der Waals surface area contributed by atoms with Crippen LogP contribution >= 0.6 is 0 Å². The predicted molar refractivity (Wildman–Crippen MR) is 128 cm³/mol. The van der Waals surface area contributed by atoms with Crippen molar-refractivity contribution in [3.05, 3.63) is 60.2 Å². The van der Waals surface area contributed by atoms with Gasteiger partial charge in [0.1, 0.15) is 29.6 Å². The molecule has 0 radical (unpaired) electrons. The van der Waals surface area contributed by atoms with Gasteiger partial charge in [-0.05, 0) is 37.1 Å². The van der Waals surface area contributed by atoms with Crippen LogP contribution in [-0.4, -0.2) is 89.5 Å². The number of amides is 1. The van der Waals surface area contributed by atoms with Gasteiger partial charge >= 0.3 is 0 Å². The molecule has 9 heteroatoms. The average molecular weight is 490 g/mol. The number of benzene rings is 2. The number of para-hydroxylation sites is 1. The van der Waals surface area contributed by atoms with E-state index in [0.29, 0.717) is 57.0 Å². The lowest BCUT2D eigenvalue weighted by Crippen LogP contribution is -2.56. The Kier molecular flexibility index (Phi) is 7.59. The maximum Gasteiger partial charge on any atom is 0.219 e. The smallest absolute Gasteiger partial charge is 0.219 e. The first-order chi connectivity index (χ1) is 16.6. The van der Waals surface area contributed by atoms with Gasteiger partial charge in [0.15, 0.2) is 0 Å². The molecule has 4 rings (SSSR count). The summed E-state index contributed by atoms with van der Waals surface area (Å²) in [6.45, 7) is 3.82. The van der Waals surface area contributed by atoms with E-state index in [-0.39, 0.29) is 31.4 Å². The molecule has 35 heavy (non-hydrogen) atoms. The molecule has 2 heterocycles. The summed E-state index contributed by atoms with van der Waals surface area (Å²) in [6.07, 6.45) is 0.902. The minimum Gasteiger partial charge on any atom is -0.490 e. The molecule has 0 saturated carbocycles. The molecule has 0 aliphatic carbocycles. The van der Waals surface area contributed by atoms with Gasteiger partial charge in [0, 0.05) is 52.3 Å². The van der Waals surface area contributed by atoms with Gasteiger partial charge in [-0.25, -0.2) is 8.78 Å². The molecule has 2 N–H and O–H groups in total. The Balaban J connectivity index is 1.41. The van der Waals surface area contributed by atoms with Crippen molar-refractivity contribution in [1.29, 1.82) is 0 Å². The van der Waals surface area contributed by atoms with Crippen molar-refractivity contribution in [3.8, 4) is 5.75 Å². The lowest BCUT2D eigenvalue weighted by molar-refractivity contribution is -0.132. The number of aliphatic hydroxyl groups is 2. The molecule has 0 unspecified atom stereocenters. The van der Waals surface area contributed by atoms with Gasteiger partial charge < -0.3 is 24.7 Å². The zero-order valence-electron chi connectivity index (χ0n) is 20.0. The first kappa shape index (κ1) is 25.3. The van der Waals surface area contributed by atoms with E-state index in [4.69, 9.17) is 4.74 Å². The molecule has 2 fully saturated rings. The lowest BCUT2D eigenvalue weighted by Gasteiger charge is -2.42. The van der Waals surface area contributed by atoms with Gasteiger partial charge in [-0.15, -0.1) is 0 Å². The summed E-state index contributed by atoms with van der Waals surface area (Å²) in [5.41, 5.74) is -1.87. The third-order valence-electron chi connectivity index (χ3n) is 6.84. The van der Waals surface area contributed by atoms with E-state index in [0.717, 1.165) is 0 Å². The number of nitrogens with zero attached hydrogens (tertiary/aromatic N) is 3. The molecule has 1 amide bonds. The second-order valence-corrected chi connectivity index (χ2v) is 9.78. The minimum absolute atomic E-state index is 0.0770. The van der Waals surface area contributed by atoms with E-state index in [1.54, 1.807) is 29.2 Å². The summed E-state index contributed by atoms with van der Waals surface area (Å²) in [5.74, 6) is -0.583. The first-order valence-corrected chi connectivity index (χ1v) is 12.0. The highest BCUT2D eigenvalue weighted by Crippen LogP contribution is 2.30. The topological polar surface area (TPSA) is 76.5 Å². The van der Waals surface area contributed by atoms with Gasteiger partial charge in [-0.1, -0.05) is 18.2 Å². The molecule has 1 atom stereocenters. The number of piperidine rings is 1. The van der Waals surface area contributed by atoms with Crippen LogP contribution in [0.15, 0.2) is 48.5 Å². The van der Waals surface area contributed by atoms with Crippen LogP contribution in [0.4, 0.5) is 14.5 Å². The summed E-state index contributed by atoms with van der Waals surface area (Å²) in [5, 5.41) is 22.8. The number of hydrogen-bond donors (Lipinski definition) is 2. The number of halogens is 2. The van der Waals surface area contributed by atoms with Crippen LogP contribution in [0, 0.1) is 11.6 Å². The number of hydrogen-bond acceptors (Lipinski definition) is 6. The van der Waals surface area contributed by atoms with E-state index < -0.39 is 17.0 Å². The maximum atomic E-state index is 14.2. The summed E-state index contributed by atoms with van der Waals surface area (Å²) in [7, 11) is 0. The van der Waals surface area contributed by atoms with Crippen molar-refractivity contribution >= 4 is 11.6 Å². The van der Waals surface area contributed by atoms with Crippen LogP contribution in [-0.2, 0) is 4.79 Å². The van der Waals surface area contributed by atoms with Gasteiger partial charge in [-0.2, -0.15) is 0 Å². The average Bonchev–Trinajstić information content (AvgIpc) is 2.98. The third kappa shape index (κ3) is 6.48. The Hall–Kier alpha value is -2.75. The zero-order chi connectivity index (χ0) is 25.1. The number of ether oxygens (including phenoxy) is 1. The molecular formula is C26H33F2N3O4. The Labute approximate surface area is 204 Å². The molecule has 2 saturated heterocycles. The highest BCUT2D eigenvalue weighted by Gasteiger charge is 2.41. The molecule has 2 aromatic carbocycles. The van der Waals surface area contributed by atoms with Crippen molar-refractivity contribution in [3.63, 3.8) is 0 Å². The van der Waals surface area contributed by atoms with Crippen molar-refractivity contribution in [2.45, 2.75) is 31.0 Å². The van der Waals surface area contributed by atoms with Gasteiger partial charge in [0.2, 0.25) is 5.91 Å². The monoisotopic (exact) mass is 489 g/mol. The number of β-amino-alcohol motifs (C(OH)–C–C–N with tert-alkyl or cyclic N) is 2. The van der Waals surface area contributed by atoms with Gasteiger partial charge in [-0.3, -0.25) is 9.69 Å². The summed E-state index contributed by atoms with van der Waals surface area (Å²) in [6, 6.07) is 12.3. The Morgan fingerprint density at radius 2 is 1.71 bits per heavy atom. The summed E-state index contributed by atoms with van der Waals surface area (Å²) < 4.78 is 33.4. The molecule has 7 nitrogen and oxygen atoms in total. The van der Waals surface area contributed by atoms with Crippen LogP contribution in [0.2, 0.25) is 0 Å². The second kappa shape index (κ2) is 10.5. The minimum atomic E-state index is -1.40. The first-order valence-electron chi connectivity index (χ1n) is 12.0. The van der Waals surface area contributed by atoms with Gasteiger partial charge in [0.05, 0.1) is 17.8 Å². The molecule has 2 aliphatic heterocycles. The SMILES string of the molecule is CC(=O)N1CCN(CC2(O)CCN(c3ccccc3F)CC2)C[C@](O)(COc2cccc(F)c2)C1. The Bertz CT molecular complexity index is 1030. The van der Waals surface area contributed by atoms with Crippen LogP contribution in [0.1, 0.15) is 19.8 Å². The Morgan fingerprint density at radius 1 is 0.971 bits per heavy atom. The van der Waals surface area contributed by atoms with E-state index >= 15 is 0 Å². The highest BCUT2D eigenvalue weighted by molar-refractivity contribution is 5.73. The number of carbonyl (C=O) groups is 1. The third-order valence-corrected chi connectivity index (χ3v) is 6.84. The number of carbonyl (C=O) groups excluding carboxylic acids is 1. The normalized spacial score (nSPS) is 23.1. The number of anilines is 1. The van der Waals surface area contributed by atoms with Crippen molar-refractivity contribution in [2.75, 3.05) is 57.3 Å². The largest absolute Gasteiger partial charge is 0.490 e. The van der Waals surface area contributed by atoms with E-state index in [1.165, 1.54) is 31.2 Å². The van der Waals surface area contributed by atoms with Crippen molar-refractivity contribution < 1.29 is 28.5 Å². The number of rotatable bonds is 6. The quantitative estimate of drug-likeness (QED) is 0.649. The summed E-state index contributed by atoms with van der Waals surface area (Å²) in [4.78, 5) is 17.6. The van der Waals surface area contributed by atoms with E-state index in [2.05, 4.69) is 0 Å². The fraction of sp³-hybridized carbons (Fsp3) is 0.500. The van der Waals surface area contributed by atoms with Crippen LogP contribution in [0.5, 0.6) is 5.75 Å². The summed E-state index contributed by atoms with van der Waals surface area (Å²) >= 11 is 0.